The Morgan fingerprint density at radius 1 is 1.41 bits per heavy atom. The van der Waals surface area contributed by atoms with Gasteiger partial charge in [0.25, 0.3) is 5.91 Å². The van der Waals surface area contributed by atoms with Crippen LogP contribution in [0, 0.1) is 6.92 Å². The molecule has 2 saturated heterocycles. The van der Waals surface area contributed by atoms with Gasteiger partial charge in [0.1, 0.15) is 5.69 Å². The van der Waals surface area contributed by atoms with Crippen LogP contribution in [0.1, 0.15) is 55.3 Å². The number of amides is 2. The van der Waals surface area contributed by atoms with Crippen molar-refractivity contribution >= 4 is 11.8 Å². The first-order valence-corrected chi connectivity index (χ1v) is 9.47. The molecule has 4 heterocycles. The number of rotatable bonds is 2. The van der Waals surface area contributed by atoms with Gasteiger partial charge in [0.2, 0.25) is 11.7 Å². The lowest BCUT2D eigenvalue weighted by atomic mass is 9.81. The van der Waals surface area contributed by atoms with Crippen molar-refractivity contribution < 1.29 is 14.1 Å². The normalized spacial score (nSPS) is 25.7. The Kier molecular flexibility index (Phi) is 4.28. The third-order valence-corrected chi connectivity index (χ3v) is 5.78. The molecule has 2 aliphatic heterocycles. The van der Waals surface area contributed by atoms with Crippen LogP contribution < -0.4 is 5.32 Å². The topological polar surface area (TPSA) is 93.3 Å². The zero-order valence-corrected chi connectivity index (χ0v) is 16.0. The Balaban J connectivity index is 1.61. The monoisotopic (exact) mass is 371 g/mol. The summed E-state index contributed by atoms with van der Waals surface area (Å²) in [7, 11) is 1.84. The third-order valence-electron chi connectivity index (χ3n) is 5.78. The summed E-state index contributed by atoms with van der Waals surface area (Å²) >= 11 is 0. The van der Waals surface area contributed by atoms with Gasteiger partial charge in [0, 0.05) is 37.8 Å². The Labute approximate surface area is 157 Å². The summed E-state index contributed by atoms with van der Waals surface area (Å²) in [6, 6.07) is 1.66. The number of carbonyl (C=O) groups is 2. The number of nitrogens with zero attached hydrogens (tertiary/aromatic N) is 4. The predicted octanol–water partition coefficient (Wildman–Crippen LogP) is 2.05. The van der Waals surface area contributed by atoms with E-state index in [0.29, 0.717) is 18.7 Å². The number of nitrogens with one attached hydrogen (secondary N) is 1. The van der Waals surface area contributed by atoms with E-state index < -0.39 is 0 Å². The van der Waals surface area contributed by atoms with Crippen molar-refractivity contribution in [1.82, 2.24) is 25.2 Å². The summed E-state index contributed by atoms with van der Waals surface area (Å²) < 4.78 is 7.11. The fraction of sp³-hybridized carbons (Fsp3) is 0.579. The molecular formula is C19H25N5O3. The number of aryl methyl sites for hydroxylation is 2. The van der Waals surface area contributed by atoms with Gasteiger partial charge in [0.15, 0.2) is 0 Å². The van der Waals surface area contributed by atoms with Crippen molar-refractivity contribution in [2.45, 2.75) is 57.5 Å². The molecule has 2 amide bonds. The Morgan fingerprint density at radius 2 is 2.22 bits per heavy atom. The maximum Gasteiger partial charge on any atom is 0.292 e. The molecule has 1 N–H and O–H groups in total. The molecule has 2 fully saturated rings. The average Bonchev–Trinajstić information content (AvgIpc) is 3.17. The number of carbonyl (C=O) groups excluding carboxylic acids is 2. The lowest BCUT2D eigenvalue weighted by Gasteiger charge is -2.47. The number of hydrogen-bond acceptors (Lipinski definition) is 5. The van der Waals surface area contributed by atoms with Crippen LogP contribution in [0.3, 0.4) is 0 Å². The lowest BCUT2D eigenvalue weighted by Crippen LogP contribution is -2.63. The molecule has 2 aromatic heterocycles. The van der Waals surface area contributed by atoms with E-state index in [1.54, 1.807) is 10.7 Å². The van der Waals surface area contributed by atoms with E-state index in [9.17, 15) is 9.59 Å². The molecule has 2 aliphatic rings. The minimum atomic E-state index is -0.385. The highest BCUT2D eigenvalue weighted by atomic mass is 16.5. The van der Waals surface area contributed by atoms with Crippen LogP contribution in [0.4, 0.5) is 0 Å². The maximum absolute atomic E-state index is 13.2. The second-order valence-corrected chi connectivity index (χ2v) is 7.85. The van der Waals surface area contributed by atoms with Crippen molar-refractivity contribution in [3.05, 3.63) is 23.7 Å². The van der Waals surface area contributed by atoms with Gasteiger partial charge < -0.3 is 14.7 Å². The molecule has 0 unspecified atom stereocenters. The first-order valence-electron chi connectivity index (χ1n) is 9.47. The van der Waals surface area contributed by atoms with Crippen molar-refractivity contribution in [2.24, 2.45) is 7.05 Å². The second kappa shape index (κ2) is 6.51. The molecule has 0 spiro atoms. The van der Waals surface area contributed by atoms with Gasteiger partial charge in [-0.3, -0.25) is 14.3 Å². The second-order valence-electron chi connectivity index (χ2n) is 7.85. The van der Waals surface area contributed by atoms with Gasteiger partial charge in [0.05, 0.1) is 17.3 Å². The van der Waals surface area contributed by atoms with Crippen molar-refractivity contribution in [1.29, 1.82) is 0 Å². The molecule has 0 bridgehead atoms. The highest BCUT2D eigenvalue weighted by molar-refractivity contribution is 5.93. The Morgan fingerprint density at radius 3 is 2.96 bits per heavy atom. The Hall–Kier alpha value is -2.64. The molecule has 8 heteroatoms. The van der Waals surface area contributed by atoms with Crippen LogP contribution in [-0.4, -0.2) is 49.8 Å². The number of likely N-dealkylation sites (tertiary alicyclic amines) is 1. The molecule has 4 rings (SSSR count). The molecule has 2 aromatic rings. The van der Waals surface area contributed by atoms with Crippen molar-refractivity contribution in [3.8, 4) is 11.3 Å². The largest absolute Gasteiger partial charge is 0.350 e. The van der Waals surface area contributed by atoms with E-state index in [0.717, 1.165) is 36.9 Å². The summed E-state index contributed by atoms with van der Waals surface area (Å²) in [5, 5.41) is 11.5. The summed E-state index contributed by atoms with van der Waals surface area (Å²) in [6.45, 7) is 4.61. The number of aromatic nitrogens is 3. The SMILES string of the molecule is Cc1nn(C)cc1-c1cc(C(=O)N2CCC[C@]3(C)NC(=O)CCC[C@H]23)on1. The highest BCUT2D eigenvalue weighted by Crippen LogP contribution is 2.34. The molecule has 0 aromatic carbocycles. The van der Waals surface area contributed by atoms with Crippen molar-refractivity contribution in [3.63, 3.8) is 0 Å². The molecule has 8 nitrogen and oxygen atoms in total. The summed E-state index contributed by atoms with van der Waals surface area (Å²) in [4.78, 5) is 27.1. The highest BCUT2D eigenvalue weighted by Gasteiger charge is 2.45. The number of fused-ring (bicyclic) bond motifs is 1. The molecule has 2 atom stereocenters. The van der Waals surface area contributed by atoms with E-state index in [1.165, 1.54) is 0 Å². The number of hydrogen-bond donors (Lipinski definition) is 1. The summed E-state index contributed by atoms with van der Waals surface area (Å²) in [5.41, 5.74) is 1.91. The zero-order chi connectivity index (χ0) is 19.2. The molecule has 0 aliphatic carbocycles. The first kappa shape index (κ1) is 17.8. The third kappa shape index (κ3) is 3.13. The molecule has 144 valence electrons. The molecule has 0 saturated carbocycles. The zero-order valence-electron chi connectivity index (χ0n) is 16.0. The smallest absolute Gasteiger partial charge is 0.292 e. The van der Waals surface area contributed by atoms with Gasteiger partial charge >= 0.3 is 0 Å². The summed E-state index contributed by atoms with van der Waals surface area (Å²) in [5.74, 6) is 0.138. The minimum absolute atomic E-state index is 0.0288. The first-order chi connectivity index (χ1) is 12.9. The maximum atomic E-state index is 13.2. The fourth-order valence-corrected chi connectivity index (χ4v) is 4.48. The van der Waals surface area contributed by atoms with Crippen LogP contribution >= 0.6 is 0 Å². The quantitative estimate of drug-likeness (QED) is 0.872. The fourth-order valence-electron chi connectivity index (χ4n) is 4.48. The molecular weight excluding hydrogens is 346 g/mol. The van der Waals surface area contributed by atoms with E-state index in [1.807, 2.05) is 32.0 Å². The van der Waals surface area contributed by atoms with E-state index in [-0.39, 0.29) is 29.2 Å². The predicted molar refractivity (Wildman–Crippen MR) is 97.9 cm³/mol. The van der Waals surface area contributed by atoms with Crippen LogP contribution in [0.15, 0.2) is 16.8 Å². The van der Waals surface area contributed by atoms with Crippen LogP contribution in [0.25, 0.3) is 11.3 Å². The van der Waals surface area contributed by atoms with Gasteiger partial charge in [-0.25, -0.2) is 0 Å². The van der Waals surface area contributed by atoms with Crippen molar-refractivity contribution in [2.75, 3.05) is 6.54 Å². The van der Waals surface area contributed by atoms with Crippen LogP contribution in [0.5, 0.6) is 0 Å². The van der Waals surface area contributed by atoms with E-state index in [2.05, 4.69) is 15.6 Å². The van der Waals surface area contributed by atoms with Crippen LogP contribution in [0.2, 0.25) is 0 Å². The Bertz CT molecular complexity index is 886. The average molecular weight is 371 g/mol. The summed E-state index contributed by atoms with van der Waals surface area (Å²) in [6.07, 6.45) is 5.70. The van der Waals surface area contributed by atoms with Gasteiger partial charge in [-0.2, -0.15) is 5.10 Å². The number of piperidine rings is 1. The van der Waals surface area contributed by atoms with Crippen LogP contribution in [-0.2, 0) is 11.8 Å². The van der Waals surface area contributed by atoms with E-state index in [4.69, 9.17) is 4.52 Å². The standard InChI is InChI=1S/C19H25N5O3/c1-12-13(11-23(3)21-12)14-10-15(27-22-14)18(26)24-9-5-8-19(2)16(24)6-4-7-17(25)20-19/h10-11,16H,4-9H2,1-3H3,(H,20,25)/t16-,19-/m0/s1. The van der Waals surface area contributed by atoms with Gasteiger partial charge in [-0.1, -0.05) is 5.16 Å². The van der Waals surface area contributed by atoms with Gasteiger partial charge in [-0.05, 0) is 39.5 Å². The molecule has 0 radical (unpaired) electrons. The van der Waals surface area contributed by atoms with E-state index >= 15 is 0 Å². The lowest BCUT2D eigenvalue weighted by molar-refractivity contribution is -0.123. The van der Waals surface area contributed by atoms with Gasteiger partial charge in [-0.15, -0.1) is 0 Å². The minimum Gasteiger partial charge on any atom is -0.350 e. The molecule has 27 heavy (non-hydrogen) atoms.